The topological polar surface area (TPSA) is 209 Å². The summed E-state index contributed by atoms with van der Waals surface area (Å²) in [6.45, 7) is 3.53. The molecule has 1 aromatic carbocycles. The number of aromatic amines is 1. The van der Waals surface area contributed by atoms with Gasteiger partial charge in [-0.25, -0.2) is 4.79 Å². The average Bonchev–Trinajstić information content (AvgIpc) is 3.26. The number of fused-ring (bicyclic) bond motifs is 1. The number of carbonyl (C=O) groups excluding carboxylic acids is 4. The number of carbonyl (C=O) groups is 5. The lowest BCUT2D eigenvalue weighted by atomic mass is 9.97. The fraction of sp³-hybridized carbons (Fsp3) is 0.458. The number of H-pyrrole nitrogens is 1. The van der Waals surface area contributed by atoms with Crippen LogP contribution in [0.3, 0.4) is 0 Å². The average molecular weight is 535 g/mol. The molecule has 202 valence electrons. The van der Waals surface area contributed by atoms with E-state index in [1.165, 1.54) is 0 Å². The van der Waals surface area contributed by atoms with E-state index in [4.69, 9.17) is 11.5 Å². The summed E-state index contributed by atoms with van der Waals surface area (Å²) >= 11 is 4.14. The Balaban J connectivity index is 2.11. The van der Waals surface area contributed by atoms with Crippen LogP contribution in [0.5, 0.6) is 0 Å². The van der Waals surface area contributed by atoms with Gasteiger partial charge in [-0.3, -0.25) is 19.2 Å². The zero-order valence-corrected chi connectivity index (χ0v) is 21.6. The number of primary amides is 1. The summed E-state index contributed by atoms with van der Waals surface area (Å²) in [6.07, 6.45) is 1.82. The molecule has 0 spiro atoms. The van der Waals surface area contributed by atoms with Crippen LogP contribution < -0.4 is 27.4 Å². The van der Waals surface area contributed by atoms with Crippen LogP contribution >= 0.6 is 12.6 Å². The van der Waals surface area contributed by atoms with Crippen molar-refractivity contribution < 1.29 is 29.1 Å². The highest BCUT2D eigenvalue weighted by Crippen LogP contribution is 2.19. The second-order valence-electron chi connectivity index (χ2n) is 8.86. The highest BCUT2D eigenvalue weighted by molar-refractivity contribution is 7.80. The number of para-hydroxylation sites is 1. The number of aliphatic carboxylic acids is 1. The van der Waals surface area contributed by atoms with Crippen molar-refractivity contribution in [3.8, 4) is 0 Å². The Hall–Kier alpha value is -3.58. The summed E-state index contributed by atoms with van der Waals surface area (Å²) in [7, 11) is 0. The molecule has 0 bridgehead atoms. The molecule has 0 aliphatic carbocycles. The zero-order valence-electron chi connectivity index (χ0n) is 20.7. The molecule has 9 N–H and O–H groups in total. The fourth-order valence-electron chi connectivity index (χ4n) is 3.72. The van der Waals surface area contributed by atoms with Crippen LogP contribution in [-0.2, 0) is 30.4 Å². The van der Waals surface area contributed by atoms with Crippen molar-refractivity contribution in [3.05, 3.63) is 36.0 Å². The van der Waals surface area contributed by atoms with Crippen molar-refractivity contribution >= 4 is 53.1 Å². The lowest BCUT2D eigenvalue weighted by Gasteiger charge is -2.27. The number of nitrogens with two attached hydrogens (primary N) is 2. The molecule has 0 aliphatic rings. The molecule has 2 rings (SSSR count). The van der Waals surface area contributed by atoms with Gasteiger partial charge < -0.3 is 37.5 Å². The lowest BCUT2D eigenvalue weighted by molar-refractivity contribution is -0.142. The van der Waals surface area contributed by atoms with Gasteiger partial charge in [0.25, 0.3) is 0 Å². The molecule has 13 heteroatoms. The normalized spacial score (nSPS) is 15.1. The van der Waals surface area contributed by atoms with Crippen molar-refractivity contribution in [2.24, 2.45) is 17.4 Å². The molecule has 0 saturated carbocycles. The van der Waals surface area contributed by atoms with E-state index < -0.39 is 60.2 Å². The Kier molecular flexibility index (Phi) is 10.9. The van der Waals surface area contributed by atoms with E-state index in [1.54, 1.807) is 13.1 Å². The predicted octanol–water partition coefficient (Wildman–Crippen LogP) is -0.572. The van der Waals surface area contributed by atoms with Gasteiger partial charge in [0.15, 0.2) is 0 Å². The maximum atomic E-state index is 13.0. The first-order valence-electron chi connectivity index (χ1n) is 11.8. The first-order chi connectivity index (χ1) is 17.5. The largest absolute Gasteiger partial charge is 0.480 e. The summed E-state index contributed by atoms with van der Waals surface area (Å²) in [4.78, 5) is 64.4. The third-order valence-electron chi connectivity index (χ3n) is 6.08. The molecule has 0 saturated heterocycles. The van der Waals surface area contributed by atoms with Gasteiger partial charge in [-0.2, -0.15) is 12.6 Å². The third-order valence-corrected chi connectivity index (χ3v) is 6.45. The van der Waals surface area contributed by atoms with Crippen molar-refractivity contribution in [3.63, 3.8) is 0 Å². The van der Waals surface area contributed by atoms with Crippen LogP contribution in [-0.4, -0.2) is 69.6 Å². The number of hydrogen-bond acceptors (Lipinski definition) is 7. The van der Waals surface area contributed by atoms with E-state index in [2.05, 4.69) is 33.6 Å². The Morgan fingerprint density at radius 1 is 1.03 bits per heavy atom. The van der Waals surface area contributed by atoms with Crippen LogP contribution in [0.4, 0.5) is 0 Å². The van der Waals surface area contributed by atoms with E-state index in [0.717, 1.165) is 10.9 Å². The Morgan fingerprint density at radius 3 is 2.27 bits per heavy atom. The molecule has 0 radical (unpaired) electrons. The van der Waals surface area contributed by atoms with Crippen molar-refractivity contribution in [1.82, 2.24) is 20.9 Å². The maximum Gasteiger partial charge on any atom is 0.326 e. The van der Waals surface area contributed by atoms with Gasteiger partial charge in [0.05, 0.1) is 12.5 Å². The molecule has 0 fully saturated rings. The summed E-state index contributed by atoms with van der Waals surface area (Å²) < 4.78 is 0. The van der Waals surface area contributed by atoms with E-state index >= 15 is 0 Å². The van der Waals surface area contributed by atoms with Gasteiger partial charge in [-0.15, -0.1) is 0 Å². The number of rotatable bonds is 14. The quantitative estimate of drug-likeness (QED) is 0.148. The highest BCUT2D eigenvalue weighted by atomic mass is 32.1. The minimum atomic E-state index is -1.26. The minimum absolute atomic E-state index is 0.0155. The van der Waals surface area contributed by atoms with Gasteiger partial charge in [-0.05, 0) is 17.5 Å². The second-order valence-corrected chi connectivity index (χ2v) is 9.22. The number of nitrogens with one attached hydrogen (secondary N) is 4. The summed E-state index contributed by atoms with van der Waals surface area (Å²) in [5.41, 5.74) is 12.3. The smallest absolute Gasteiger partial charge is 0.326 e. The second kappa shape index (κ2) is 13.7. The predicted molar refractivity (Wildman–Crippen MR) is 141 cm³/mol. The van der Waals surface area contributed by atoms with Crippen LogP contribution in [0.15, 0.2) is 30.5 Å². The van der Waals surface area contributed by atoms with Crippen LogP contribution in [0.1, 0.15) is 32.3 Å². The number of aromatic nitrogens is 1. The van der Waals surface area contributed by atoms with E-state index in [-0.39, 0.29) is 18.1 Å². The molecular weight excluding hydrogens is 500 g/mol. The number of benzene rings is 1. The van der Waals surface area contributed by atoms with Crippen molar-refractivity contribution in [2.45, 2.75) is 57.3 Å². The molecule has 5 atom stereocenters. The lowest BCUT2D eigenvalue weighted by Crippen LogP contribution is -2.59. The SMILES string of the molecule is CCC(C)C(NC(=O)C(N)CC(N)=O)C(=O)NC(CS)C(=O)NC(Cc1c[nH]c2ccccc12)C(=O)O. The first kappa shape index (κ1) is 29.6. The number of carboxylic acid groups (broad SMARTS) is 1. The van der Waals surface area contributed by atoms with Gasteiger partial charge in [0.1, 0.15) is 18.1 Å². The summed E-state index contributed by atoms with van der Waals surface area (Å²) in [6, 6.07) is 2.64. The molecular formula is C24H34N6O6S. The number of hydrogen-bond donors (Lipinski definition) is 8. The fourth-order valence-corrected chi connectivity index (χ4v) is 3.98. The standard InChI is InChI=1S/C24H34N6O6S/c1-3-12(2)20(30-21(32)15(25)9-19(26)31)23(34)29-18(11-37)22(33)28-17(24(35)36)8-13-10-27-16-7-5-4-6-14(13)16/h4-7,10,12,15,17-18,20,27,37H,3,8-9,11,25H2,1-2H3,(H2,26,31)(H,28,33)(H,29,34)(H,30,32)(H,35,36). The maximum absolute atomic E-state index is 13.0. The molecule has 1 aromatic heterocycles. The van der Waals surface area contributed by atoms with Crippen LogP contribution in [0.25, 0.3) is 10.9 Å². The number of thiol groups is 1. The molecule has 37 heavy (non-hydrogen) atoms. The van der Waals surface area contributed by atoms with Crippen molar-refractivity contribution in [1.29, 1.82) is 0 Å². The van der Waals surface area contributed by atoms with Gasteiger partial charge in [-0.1, -0.05) is 38.5 Å². The molecule has 2 aromatic rings. The van der Waals surface area contributed by atoms with Crippen LogP contribution in [0, 0.1) is 5.92 Å². The Morgan fingerprint density at radius 2 is 1.68 bits per heavy atom. The van der Waals surface area contributed by atoms with Crippen LogP contribution in [0.2, 0.25) is 0 Å². The third kappa shape index (κ3) is 8.22. The van der Waals surface area contributed by atoms with E-state index in [1.807, 2.05) is 31.2 Å². The minimum Gasteiger partial charge on any atom is -0.480 e. The summed E-state index contributed by atoms with van der Waals surface area (Å²) in [5, 5.41) is 18.0. The molecule has 1 heterocycles. The highest BCUT2D eigenvalue weighted by Gasteiger charge is 2.32. The molecule has 4 amide bonds. The first-order valence-corrected chi connectivity index (χ1v) is 12.4. The molecule has 12 nitrogen and oxygen atoms in total. The number of carboxylic acids is 1. The monoisotopic (exact) mass is 534 g/mol. The molecule has 5 unspecified atom stereocenters. The van der Waals surface area contributed by atoms with E-state index in [9.17, 15) is 29.1 Å². The van der Waals surface area contributed by atoms with E-state index in [0.29, 0.717) is 12.0 Å². The number of amides is 4. The molecule has 0 aliphatic heterocycles. The zero-order chi connectivity index (χ0) is 27.7. The van der Waals surface area contributed by atoms with Gasteiger partial charge in [0.2, 0.25) is 23.6 Å². The Bertz CT molecular complexity index is 1140. The Labute approximate surface area is 219 Å². The summed E-state index contributed by atoms with van der Waals surface area (Å²) in [5.74, 6) is -4.63. The van der Waals surface area contributed by atoms with Gasteiger partial charge in [0, 0.05) is 29.3 Å². The van der Waals surface area contributed by atoms with Crippen molar-refractivity contribution in [2.75, 3.05) is 5.75 Å². The van der Waals surface area contributed by atoms with Gasteiger partial charge >= 0.3 is 5.97 Å².